The first-order valence-electron chi connectivity index (χ1n) is 4.63. The Kier molecular flexibility index (Phi) is 7.30. The number of hydrogen-bond donors (Lipinski definition) is 4. The molecule has 0 aromatic rings. The molecule has 6 nitrogen and oxygen atoms in total. The monoisotopic (exact) mass is 203 g/mol. The van der Waals surface area contributed by atoms with E-state index in [0.717, 1.165) is 25.7 Å². The van der Waals surface area contributed by atoms with E-state index >= 15 is 0 Å². The Morgan fingerprint density at radius 3 is 1.93 bits per heavy atom. The van der Waals surface area contributed by atoms with Crippen LogP contribution >= 0.6 is 0 Å². The molecule has 82 valence electrons. The summed E-state index contributed by atoms with van der Waals surface area (Å²) in [5.41, 5.74) is 4.86. The molecule has 5 N–H and O–H groups in total. The third-order valence-corrected chi connectivity index (χ3v) is 1.68. The molecule has 0 rings (SSSR count). The van der Waals surface area contributed by atoms with Crippen LogP contribution in [-0.2, 0) is 0 Å². The van der Waals surface area contributed by atoms with Crippen LogP contribution in [0.2, 0.25) is 0 Å². The van der Waals surface area contributed by atoms with Crippen LogP contribution in [0, 0.1) is 0 Å². The Bertz CT molecular complexity index is 165. The second-order valence-corrected chi connectivity index (χ2v) is 2.94. The molecule has 0 aromatic heterocycles. The van der Waals surface area contributed by atoms with E-state index in [9.17, 15) is 9.59 Å². The Labute approximate surface area is 82.9 Å². The zero-order valence-corrected chi connectivity index (χ0v) is 8.08. The van der Waals surface area contributed by atoms with Crippen molar-refractivity contribution in [2.24, 2.45) is 5.73 Å². The molecule has 0 saturated heterocycles. The van der Waals surface area contributed by atoms with Crippen molar-refractivity contribution in [3.63, 3.8) is 0 Å². The summed E-state index contributed by atoms with van der Waals surface area (Å²) in [6.45, 7) is 1.07. The summed E-state index contributed by atoms with van der Waals surface area (Å²) in [6, 6.07) is -0.502. The lowest BCUT2D eigenvalue weighted by atomic mass is 10.2. The molecule has 0 aromatic carbocycles. The van der Waals surface area contributed by atoms with Crippen molar-refractivity contribution in [2.75, 3.05) is 13.1 Å². The molecule has 0 bridgehead atoms. The number of nitrogens with one attached hydrogen (secondary N) is 2. The first kappa shape index (κ1) is 12.5. The zero-order valence-electron chi connectivity index (χ0n) is 8.08. The predicted octanol–water partition coefficient (Wildman–Crippen LogP) is 0.483. The number of primary amides is 1. The minimum Gasteiger partial charge on any atom is -0.465 e. The van der Waals surface area contributed by atoms with Crippen LogP contribution in [0.3, 0.4) is 0 Å². The SMILES string of the molecule is NC(=O)NCCCCCCNC(=O)O. The quantitative estimate of drug-likeness (QED) is 0.452. The van der Waals surface area contributed by atoms with Gasteiger partial charge >= 0.3 is 12.1 Å². The van der Waals surface area contributed by atoms with Gasteiger partial charge in [-0.25, -0.2) is 9.59 Å². The molecule has 0 aliphatic carbocycles. The number of carbonyl (C=O) groups is 2. The molecule has 0 atom stereocenters. The van der Waals surface area contributed by atoms with Gasteiger partial charge in [-0.2, -0.15) is 0 Å². The van der Waals surface area contributed by atoms with Crippen molar-refractivity contribution in [1.29, 1.82) is 0 Å². The van der Waals surface area contributed by atoms with Crippen molar-refractivity contribution < 1.29 is 14.7 Å². The Balaban J connectivity index is 2.99. The molecule has 0 heterocycles. The first-order valence-corrected chi connectivity index (χ1v) is 4.63. The molecule has 0 unspecified atom stereocenters. The molecule has 0 aliphatic rings. The highest BCUT2D eigenvalue weighted by molar-refractivity contribution is 5.71. The van der Waals surface area contributed by atoms with Gasteiger partial charge in [-0.1, -0.05) is 12.8 Å². The summed E-state index contributed by atoms with van der Waals surface area (Å²) >= 11 is 0. The number of urea groups is 1. The molecule has 0 radical (unpaired) electrons. The lowest BCUT2D eigenvalue weighted by Crippen LogP contribution is -2.30. The van der Waals surface area contributed by atoms with E-state index in [1.807, 2.05) is 0 Å². The van der Waals surface area contributed by atoms with Crippen molar-refractivity contribution in [2.45, 2.75) is 25.7 Å². The summed E-state index contributed by atoms with van der Waals surface area (Å²) < 4.78 is 0. The third-order valence-electron chi connectivity index (χ3n) is 1.68. The van der Waals surface area contributed by atoms with Crippen molar-refractivity contribution >= 4 is 12.1 Å². The molecule has 0 aliphatic heterocycles. The molecular weight excluding hydrogens is 186 g/mol. The highest BCUT2D eigenvalue weighted by Gasteiger charge is 1.94. The minimum absolute atomic E-state index is 0.485. The van der Waals surface area contributed by atoms with Gasteiger partial charge in [-0.3, -0.25) is 0 Å². The number of nitrogens with two attached hydrogens (primary N) is 1. The van der Waals surface area contributed by atoms with Crippen LogP contribution in [0.1, 0.15) is 25.7 Å². The summed E-state index contributed by atoms with van der Waals surface area (Å²) in [7, 11) is 0. The standard InChI is InChI=1S/C8H17N3O3/c9-7(12)10-5-3-1-2-4-6-11-8(13)14/h11H,1-6H2,(H,13,14)(H3,9,10,12). The van der Waals surface area contributed by atoms with Gasteiger partial charge in [0.1, 0.15) is 0 Å². The lowest BCUT2D eigenvalue weighted by molar-refractivity contribution is 0.194. The molecule has 3 amide bonds. The van der Waals surface area contributed by atoms with Crippen LogP contribution in [0.15, 0.2) is 0 Å². The van der Waals surface area contributed by atoms with Crippen LogP contribution in [-0.4, -0.2) is 30.3 Å². The number of hydrogen-bond acceptors (Lipinski definition) is 2. The van der Waals surface area contributed by atoms with Gasteiger partial charge in [0.25, 0.3) is 0 Å². The molecule has 0 saturated carbocycles. The van der Waals surface area contributed by atoms with Gasteiger partial charge in [0.15, 0.2) is 0 Å². The second kappa shape index (κ2) is 8.15. The van der Waals surface area contributed by atoms with Crippen LogP contribution in [0.5, 0.6) is 0 Å². The van der Waals surface area contributed by atoms with E-state index in [1.165, 1.54) is 0 Å². The maximum atomic E-state index is 10.2. The van der Waals surface area contributed by atoms with Gasteiger partial charge < -0.3 is 21.5 Å². The van der Waals surface area contributed by atoms with E-state index in [2.05, 4.69) is 10.6 Å². The van der Waals surface area contributed by atoms with Gasteiger partial charge in [0.2, 0.25) is 0 Å². The lowest BCUT2D eigenvalue weighted by Gasteiger charge is -2.02. The maximum absolute atomic E-state index is 10.2. The highest BCUT2D eigenvalue weighted by Crippen LogP contribution is 1.97. The zero-order chi connectivity index (χ0) is 10.8. The predicted molar refractivity (Wildman–Crippen MR) is 52.1 cm³/mol. The molecular formula is C8H17N3O3. The van der Waals surface area contributed by atoms with Gasteiger partial charge in [-0.15, -0.1) is 0 Å². The third kappa shape index (κ3) is 10.5. The van der Waals surface area contributed by atoms with E-state index in [-0.39, 0.29) is 0 Å². The van der Waals surface area contributed by atoms with Gasteiger partial charge in [0.05, 0.1) is 0 Å². The topological polar surface area (TPSA) is 104 Å². The summed E-state index contributed by atoms with van der Waals surface area (Å²) in [5, 5.41) is 13.0. The van der Waals surface area contributed by atoms with Crippen LogP contribution < -0.4 is 16.4 Å². The Morgan fingerprint density at radius 2 is 1.50 bits per heavy atom. The molecule has 14 heavy (non-hydrogen) atoms. The van der Waals surface area contributed by atoms with Crippen molar-refractivity contribution in [3.8, 4) is 0 Å². The van der Waals surface area contributed by atoms with Crippen molar-refractivity contribution in [1.82, 2.24) is 10.6 Å². The van der Waals surface area contributed by atoms with Crippen molar-refractivity contribution in [3.05, 3.63) is 0 Å². The summed E-state index contributed by atoms with van der Waals surface area (Å²) in [5.74, 6) is 0. The normalized spacial score (nSPS) is 9.43. The van der Waals surface area contributed by atoms with Gasteiger partial charge in [0, 0.05) is 13.1 Å². The minimum atomic E-state index is -0.986. The number of carbonyl (C=O) groups excluding carboxylic acids is 1. The van der Waals surface area contributed by atoms with Crippen LogP contribution in [0.4, 0.5) is 9.59 Å². The van der Waals surface area contributed by atoms with E-state index in [4.69, 9.17) is 10.8 Å². The van der Waals surface area contributed by atoms with E-state index in [1.54, 1.807) is 0 Å². The summed E-state index contributed by atoms with van der Waals surface area (Å²) in [4.78, 5) is 20.3. The number of carboxylic acid groups (broad SMARTS) is 1. The fourth-order valence-corrected chi connectivity index (χ4v) is 1.01. The molecule has 0 fully saturated rings. The first-order chi connectivity index (χ1) is 6.63. The summed E-state index contributed by atoms with van der Waals surface area (Å²) in [6.07, 6.45) is 2.61. The smallest absolute Gasteiger partial charge is 0.404 e. The van der Waals surface area contributed by atoms with E-state index < -0.39 is 12.1 Å². The second-order valence-electron chi connectivity index (χ2n) is 2.94. The Morgan fingerprint density at radius 1 is 1.00 bits per heavy atom. The number of amides is 3. The fourth-order valence-electron chi connectivity index (χ4n) is 1.01. The van der Waals surface area contributed by atoms with Gasteiger partial charge in [-0.05, 0) is 12.8 Å². The maximum Gasteiger partial charge on any atom is 0.404 e. The number of unbranched alkanes of at least 4 members (excludes halogenated alkanes) is 3. The largest absolute Gasteiger partial charge is 0.465 e. The van der Waals surface area contributed by atoms with E-state index in [0.29, 0.717) is 13.1 Å². The number of rotatable bonds is 7. The average Bonchev–Trinajstić information content (AvgIpc) is 2.08. The Hall–Kier alpha value is -1.46. The fraction of sp³-hybridized carbons (Fsp3) is 0.750. The average molecular weight is 203 g/mol. The van der Waals surface area contributed by atoms with Crippen LogP contribution in [0.25, 0.3) is 0 Å². The highest BCUT2D eigenvalue weighted by atomic mass is 16.4. The molecule has 6 heteroatoms. The molecule has 0 spiro atoms.